The van der Waals surface area contributed by atoms with Crippen molar-refractivity contribution < 1.29 is 0 Å². The molecule has 0 aromatic rings. The van der Waals surface area contributed by atoms with E-state index in [4.69, 9.17) is 0 Å². The highest BCUT2D eigenvalue weighted by Gasteiger charge is 2.13. The molecule has 60 valence electrons. The number of hydrogen-bond acceptors (Lipinski definition) is 1. The van der Waals surface area contributed by atoms with Crippen molar-refractivity contribution in [2.75, 3.05) is 5.75 Å². The average Bonchev–Trinajstić information content (AvgIpc) is 2.35. The van der Waals surface area contributed by atoms with E-state index in [9.17, 15) is 0 Å². The van der Waals surface area contributed by atoms with Crippen LogP contribution in [0.4, 0.5) is 0 Å². The predicted molar refractivity (Wildman–Crippen MR) is 49.7 cm³/mol. The van der Waals surface area contributed by atoms with Gasteiger partial charge in [-0.25, -0.2) is 0 Å². The summed E-state index contributed by atoms with van der Waals surface area (Å²) in [4.78, 5) is 0. The zero-order chi connectivity index (χ0) is 7.78. The van der Waals surface area contributed by atoms with Crippen molar-refractivity contribution in [2.24, 2.45) is 5.92 Å². The highest BCUT2D eigenvalue weighted by molar-refractivity contribution is 7.93. The van der Waals surface area contributed by atoms with Gasteiger partial charge in [0.15, 0.2) is 0 Å². The van der Waals surface area contributed by atoms with Gasteiger partial charge in [0.1, 0.15) is 0 Å². The summed E-state index contributed by atoms with van der Waals surface area (Å²) < 4.78 is 0.550. The first-order valence-corrected chi connectivity index (χ1v) is 5.36. The molecule has 0 atom stereocenters. The molecule has 0 spiro atoms. The highest BCUT2D eigenvalue weighted by atomic mass is 32.2. The van der Waals surface area contributed by atoms with Gasteiger partial charge < -0.3 is 15.5 Å². The lowest BCUT2D eigenvalue weighted by atomic mass is 10.0. The molecule has 0 aromatic heterocycles. The Morgan fingerprint density at radius 2 is 2.00 bits per heavy atom. The molecule has 1 aliphatic rings. The number of rotatable bonds is 2. The van der Waals surface area contributed by atoms with E-state index in [1.165, 1.54) is 12.2 Å². The van der Waals surface area contributed by atoms with Crippen LogP contribution in [-0.2, 0) is 10.3 Å². The maximum atomic E-state index is 3.41. The number of hydrogen-bond donors (Lipinski definition) is 0. The minimum absolute atomic E-state index is 0.550. The first-order chi connectivity index (χ1) is 4.52. The molecule has 0 nitrogen and oxygen atoms in total. The second-order valence-electron chi connectivity index (χ2n) is 4.04. The lowest BCUT2D eigenvalue weighted by Gasteiger charge is -2.33. The van der Waals surface area contributed by atoms with Gasteiger partial charge in [0, 0.05) is 0 Å². The molecule has 1 rings (SSSR count). The van der Waals surface area contributed by atoms with Crippen LogP contribution in [-0.4, -0.2) is 10.5 Å². The summed E-state index contributed by atoms with van der Waals surface area (Å²) in [5, 5.41) is 3.41. The van der Waals surface area contributed by atoms with E-state index in [-0.39, 0.29) is 0 Å². The standard InChI is InChI=1S/C9H17S/c1-8(2)7-9(3,4)10-5-6-10/h8H,5,7H2,1-4H3/q-1. The Labute approximate surface area is 66.6 Å². The summed E-state index contributed by atoms with van der Waals surface area (Å²) in [6.45, 7) is 9.34. The quantitative estimate of drug-likeness (QED) is 0.540. The molecule has 0 bridgehead atoms. The van der Waals surface area contributed by atoms with Crippen LogP contribution in [0.3, 0.4) is 0 Å². The Hall–Kier alpha value is 0.130. The van der Waals surface area contributed by atoms with Crippen LogP contribution in [0.5, 0.6) is 0 Å². The van der Waals surface area contributed by atoms with Gasteiger partial charge in [-0.1, -0.05) is 34.1 Å². The molecule has 0 saturated heterocycles. The van der Waals surface area contributed by atoms with Crippen molar-refractivity contribution in [3.63, 3.8) is 0 Å². The zero-order valence-electron chi connectivity index (χ0n) is 7.40. The second-order valence-corrected chi connectivity index (χ2v) is 6.50. The molecule has 10 heavy (non-hydrogen) atoms. The van der Waals surface area contributed by atoms with Gasteiger partial charge in [-0.05, 0) is 5.92 Å². The normalized spacial score (nSPS) is 18.5. The Balaban J connectivity index is 2.46. The van der Waals surface area contributed by atoms with E-state index < -0.39 is 0 Å². The third kappa shape index (κ3) is 2.07. The Morgan fingerprint density at radius 3 is 2.30 bits per heavy atom. The van der Waals surface area contributed by atoms with Gasteiger partial charge in [0.2, 0.25) is 0 Å². The first-order valence-electron chi connectivity index (χ1n) is 3.97. The Morgan fingerprint density at radius 1 is 1.50 bits per heavy atom. The van der Waals surface area contributed by atoms with E-state index in [0.29, 0.717) is 15.0 Å². The molecular formula is C9H17S-. The Bertz CT molecular complexity index is 200. The average molecular weight is 157 g/mol. The van der Waals surface area contributed by atoms with Crippen molar-refractivity contribution in [1.82, 2.24) is 0 Å². The summed E-state index contributed by atoms with van der Waals surface area (Å²) in [5.41, 5.74) is 0. The maximum absolute atomic E-state index is 3.41. The van der Waals surface area contributed by atoms with Gasteiger partial charge >= 0.3 is 0 Å². The van der Waals surface area contributed by atoms with E-state index >= 15 is 0 Å². The smallest absolute Gasteiger partial charge is 0.0484 e. The van der Waals surface area contributed by atoms with Crippen molar-refractivity contribution in [2.45, 2.75) is 38.9 Å². The van der Waals surface area contributed by atoms with Crippen LogP contribution >= 0.6 is 0 Å². The van der Waals surface area contributed by atoms with Crippen LogP contribution < -0.4 is 0 Å². The van der Waals surface area contributed by atoms with Gasteiger partial charge in [-0.3, -0.25) is 0 Å². The fourth-order valence-corrected chi connectivity index (χ4v) is 3.06. The van der Waals surface area contributed by atoms with Crippen LogP contribution in [0.2, 0.25) is 0 Å². The van der Waals surface area contributed by atoms with Crippen LogP contribution in [0, 0.1) is 11.1 Å². The summed E-state index contributed by atoms with van der Waals surface area (Å²) in [7, 11) is 0.554. The zero-order valence-corrected chi connectivity index (χ0v) is 8.22. The molecule has 0 amide bonds. The molecule has 0 N–H and O–H groups in total. The van der Waals surface area contributed by atoms with E-state index in [1.54, 1.807) is 0 Å². The molecule has 0 saturated carbocycles. The lowest BCUT2D eigenvalue weighted by Crippen LogP contribution is -2.23. The van der Waals surface area contributed by atoms with Crippen molar-refractivity contribution >= 4 is 10.3 Å². The highest BCUT2D eigenvalue weighted by Crippen LogP contribution is 2.26. The molecule has 0 fully saturated rings. The van der Waals surface area contributed by atoms with Crippen LogP contribution in [0.25, 0.3) is 0 Å². The van der Waals surface area contributed by atoms with Crippen molar-refractivity contribution in [3.05, 3.63) is 0 Å². The van der Waals surface area contributed by atoms with E-state index in [2.05, 4.69) is 32.9 Å². The Kier molecular flexibility index (Phi) is 2.17. The minimum atomic E-state index is 0.550. The monoisotopic (exact) mass is 157 g/mol. The molecule has 0 aliphatic carbocycles. The molecule has 0 radical (unpaired) electrons. The summed E-state index contributed by atoms with van der Waals surface area (Å²) in [6, 6.07) is 0. The minimum Gasteiger partial charge on any atom is -0.442 e. The van der Waals surface area contributed by atoms with Gasteiger partial charge in [-0.15, -0.1) is 10.5 Å². The fraction of sp³-hybridized carbons (Fsp3) is 0.889. The van der Waals surface area contributed by atoms with E-state index in [1.807, 2.05) is 0 Å². The van der Waals surface area contributed by atoms with Gasteiger partial charge in [0.05, 0.1) is 0 Å². The molecule has 1 aliphatic heterocycles. The molecule has 1 heterocycles. The largest absolute Gasteiger partial charge is 0.442 e. The molecular weight excluding hydrogens is 140 g/mol. The SMILES string of the molecule is CC(C)CC(C)(C)[S-]1#CC1. The summed E-state index contributed by atoms with van der Waals surface area (Å²) >= 11 is 0. The van der Waals surface area contributed by atoms with Gasteiger partial charge in [0.25, 0.3) is 0 Å². The van der Waals surface area contributed by atoms with Crippen LogP contribution in [0.1, 0.15) is 34.1 Å². The fourth-order valence-electron chi connectivity index (χ4n) is 1.50. The van der Waals surface area contributed by atoms with Crippen molar-refractivity contribution in [3.8, 4) is 5.18 Å². The predicted octanol–water partition coefficient (Wildman–Crippen LogP) is 2.40. The lowest BCUT2D eigenvalue weighted by molar-refractivity contribution is 0.502. The molecule has 0 unspecified atom stereocenters. The molecule has 0 aromatic carbocycles. The van der Waals surface area contributed by atoms with Gasteiger partial charge in [-0.2, -0.15) is 0 Å². The van der Waals surface area contributed by atoms with Crippen LogP contribution in [0.15, 0.2) is 0 Å². The maximum Gasteiger partial charge on any atom is -0.0484 e. The third-order valence-electron chi connectivity index (χ3n) is 1.86. The second kappa shape index (κ2) is 2.64. The summed E-state index contributed by atoms with van der Waals surface area (Å²) in [5.74, 6) is 2.10. The van der Waals surface area contributed by atoms with E-state index in [0.717, 1.165) is 5.92 Å². The third-order valence-corrected chi connectivity index (χ3v) is 3.93. The van der Waals surface area contributed by atoms with Crippen molar-refractivity contribution in [1.29, 1.82) is 0 Å². The summed E-state index contributed by atoms with van der Waals surface area (Å²) in [6.07, 6.45) is 1.35. The first kappa shape index (κ1) is 8.23. The topological polar surface area (TPSA) is 0 Å². The molecule has 1 heteroatoms.